The Kier molecular flexibility index (Phi) is 11.0. The molecule has 3 N–H and O–H groups in total. The minimum absolute atomic E-state index is 0.0182. The minimum atomic E-state index is -4.45. The van der Waals surface area contributed by atoms with Crippen molar-refractivity contribution < 1.29 is 37.4 Å². The summed E-state index contributed by atoms with van der Waals surface area (Å²) in [6.45, 7) is 5.80. The van der Waals surface area contributed by atoms with Gasteiger partial charge in [0.15, 0.2) is 0 Å². The van der Waals surface area contributed by atoms with E-state index in [2.05, 4.69) is 10.6 Å². The maximum atomic E-state index is 14.1. The first-order chi connectivity index (χ1) is 23.7. The number of hydrogen-bond donors (Lipinski definition) is 3. The van der Waals surface area contributed by atoms with E-state index in [-0.39, 0.29) is 25.5 Å². The number of amides is 2. The Morgan fingerprint density at radius 2 is 1.52 bits per heavy atom. The number of aliphatic carboxylic acids is 1. The van der Waals surface area contributed by atoms with Crippen LogP contribution >= 0.6 is 0 Å². The lowest BCUT2D eigenvalue weighted by Crippen LogP contribution is -2.53. The van der Waals surface area contributed by atoms with Gasteiger partial charge >= 0.3 is 12.1 Å². The van der Waals surface area contributed by atoms with E-state index in [1.165, 1.54) is 12.1 Å². The number of fused-ring (bicyclic) bond motifs is 1. The first-order valence-electron chi connectivity index (χ1n) is 16.3. The number of hydrogen-bond acceptors (Lipinski definition) is 5. The van der Waals surface area contributed by atoms with Crippen molar-refractivity contribution in [1.29, 1.82) is 0 Å². The summed E-state index contributed by atoms with van der Waals surface area (Å²) >= 11 is 0. The van der Waals surface area contributed by atoms with Gasteiger partial charge in [0.25, 0.3) is 0 Å². The highest BCUT2D eigenvalue weighted by Crippen LogP contribution is 2.34. The quantitative estimate of drug-likeness (QED) is 0.165. The molecular weight excluding hydrogens is 647 g/mol. The molecule has 262 valence electrons. The van der Waals surface area contributed by atoms with Crippen LogP contribution in [-0.2, 0) is 40.0 Å². The lowest BCUT2D eigenvalue weighted by molar-refractivity contribution is -0.143. The van der Waals surface area contributed by atoms with Gasteiger partial charge in [-0.1, -0.05) is 72.8 Å². The lowest BCUT2D eigenvalue weighted by Gasteiger charge is -2.37. The zero-order chi connectivity index (χ0) is 36.1. The maximum Gasteiger partial charge on any atom is 0.416 e. The van der Waals surface area contributed by atoms with Gasteiger partial charge < -0.3 is 20.5 Å². The van der Waals surface area contributed by atoms with Crippen LogP contribution in [0.5, 0.6) is 5.75 Å². The van der Waals surface area contributed by atoms with Crippen LogP contribution in [0.3, 0.4) is 0 Å². The lowest BCUT2D eigenvalue weighted by atomic mass is 9.91. The number of rotatable bonds is 11. The number of nitrogens with zero attached hydrogens (tertiary/aromatic N) is 1. The molecular formula is C39H40F3N3O5. The molecule has 8 nitrogen and oxygen atoms in total. The molecule has 0 saturated carbocycles. The highest BCUT2D eigenvalue weighted by Gasteiger charge is 2.37. The SMILES string of the molecule is CC(C)(C)NC(=O)CN1CCc2ccc(OCc3ccc(C(F)(F)F)cc3)cc2C1C(=O)N[C@@H](Cc1ccc(-c2ccccc2)cc1)C(=O)O. The van der Waals surface area contributed by atoms with E-state index in [0.717, 1.165) is 34.4 Å². The minimum Gasteiger partial charge on any atom is -0.489 e. The smallest absolute Gasteiger partial charge is 0.416 e. The summed E-state index contributed by atoms with van der Waals surface area (Å²) in [6.07, 6.45) is -3.89. The first-order valence-corrected chi connectivity index (χ1v) is 16.3. The number of carboxylic acids is 1. The van der Waals surface area contributed by atoms with Crippen LogP contribution < -0.4 is 15.4 Å². The number of halogens is 3. The van der Waals surface area contributed by atoms with Gasteiger partial charge in [-0.2, -0.15) is 13.2 Å². The molecule has 0 aromatic heterocycles. The van der Waals surface area contributed by atoms with Crippen molar-refractivity contribution in [2.45, 2.75) is 64.0 Å². The molecule has 0 bridgehead atoms. The standard InChI is InChI=1S/C39H40F3N3O5/c1-38(2,3)44-34(46)23-45-20-19-29-15-18-31(50-24-26-11-16-30(17-12-26)39(40,41)42)22-32(29)35(45)36(47)43-33(37(48)49)21-25-9-13-28(14-10-25)27-7-5-4-6-8-27/h4-18,22,33,35H,19-21,23-24H2,1-3H3,(H,43,47)(H,44,46)(H,48,49)/t33-,35?/m0/s1. The normalized spacial score (nSPS) is 15.4. The number of ether oxygens (including phenoxy) is 1. The Morgan fingerprint density at radius 3 is 2.14 bits per heavy atom. The Balaban J connectivity index is 1.37. The third kappa shape index (κ3) is 9.50. The molecule has 1 aliphatic rings. The second-order valence-electron chi connectivity index (χ2n) is 13.4. The Hall–Kier alpha value is -5.16. The summed E-state index contributed by atoms with van der Waals surface area (Å²) < 4.78 is 44.9. The first kappa shape index (κ1) is 36.1. The predicted molar refractivity (Wildman–Crippen MR) is 183 cm³/mol. The van der Waals surface area contributed by atoms with Crippen molar-refractivity contribution in [2.24, 2.45) is 0 Å². The number of benzene rings is 4. The molecule has 50 heavy (non-hydrogen) atoms. The van der Waals surface area contributed by atoms with Crippen molar-refractivity contribution in [3.8, 4) is 16.9 Å². The topological polar surface area (TPSA) is 108 Å². The molecule has 0 fully saturated rings. The van der Waals surface area contributed by atoms with Crippen LogP contribution in [0.15, 0.2) is 97.1 Å². The van der Waals surface area contributed by atoms with E-state index in [1.54, 1.807) is 17.0 Å². The molecule has 1 aliphatic heterocycles. The van der Waals surface area contributed by atoms with E-state index >= 15 is 0 Å². The van der Waals surface area contributed by atoms with Crippen LogP contribution in [0.4, 0.5) is 13.2 Å². The number of nitrogens with one attached hydrogen (secondary N) is 2. The van der Waals surface area contributed by atoms with Crippen LogP contribution in [0.2, 0.25) is 0 Å². The fraction of sp³-hybridized carbons (Fsp3) is 0.308. The van der Waals surface area contributed by atoms with Crippen molar-refractivity contribution in [2.75, 3.05) is 13.1 Å². The molecule has 2 atom stereocenters. The molecule has 5 rings (SSSR count). The van der Waals surface area contributed by atoms with E-state index in [0.29, 0.717) is 29.8 Å². The van der Waals surface area contributed by atoms with Gasteiger partial charge in [-0.15, -0.1) is 0 Å². The van der Waals surface area contributed by atoms with Gasteiger partial charge in [-0.3, -0.25) is 14.5 Å². The van der Waals surface area contributed by atoms with Crippen molar-refractivity contribution in [3.63, 3.8) is 0 Å². The van der Waals surface area contributed by atoms with E-state index < -0.39 is 41.2 Å². The monoisotopic (exact) mass is 687 g/mol. The summed E-state index contributed by atoms with van der Waals surface area (Å²) in [7, 11) is 0. The molecule has 1 heterocycles. The predicted octanol–water partition coefficient (Wildman–Crippen LogP) is 6.58. The number of alkyl halides is 3. The zero-order valence-electron chi connectivity index (χ0n) is 28.1. The summed E-state index contributed by atoms with van der Waals surface area (Å²) in [5.74, 6) is -1.70. The van der Waals surface area contributed by atoms with Gasteiger partial charge in [0.05, 0.1) is 12.1 Å². The van der Waals surface area contributed by atoms with Crippen molar-refractivity contribution in [1.82, 2.24) is 15.5 Å². The van der Waals surface area contributed by atoms with Gasteiger partial charge in [0.2, 0.25) is 11.8 Å². The molecule has 1 unspecified atom stereocenters. The molecule has 0 saturated heterocycles. The summed E-state index contributed by atoms with van der Waals surface area (Å²) in [4.78, 5) is 41.3. The van der Waals surface area contributed by atoms with E-state index in [9.17, 15) is 32.7 Å². The van der Waals surface area contributed by atoms with Gasteiger partial charge in [-0.05, 0) is 84.8 Å². The highest BCUT2D eigenvalue weighted by atomic mass is 19.4. The third-order valence-electron chi connectivity index (χ3n) is 8.36. The molecule has 4 aromatic rings. The molecule has 11 heteroatoms. The van der Waals surface area contributed by atoms with Crippen LogP contribution in [0.25, 0.3) is 11.1 Å². The van der Waals surface area contributed by atoms with Gasteiger partial charge in [0, 0.05) is 18.5 Å². The van der Waals surface area contributed by atoms with Crippen molar-refractivity contribution >= 4 is 17.8 Å². The van der Waals surface area contributed by atoms with Crippen LogP contribution in [-0.4, -0.2) is 52.5 Å². The molecule has 2 amide bonds. The average Bonchev–Trinajstić information content (AvgIpc) is 3.06. The average molecular weight is 688 g/mol. The number of carbonyl (C=O) groups is 3. The summed E-state index contributed by atoms with van der Waals surface area (Å²) in [5, 5.41) is 15.8. The third-order valence-corrected chi connectivity index (χ3v) is 8.36. The maximum absolute atomic E-state index is 14.1. The molecule has 0 aliphatic carbocycles. The van der Waals surface area contributed by atoms with Crippen molar-refractivity contribution in [3.05, 3.63) is 125 Å². The largest absolute Gasteiger partial charge is 0.489 e. The Labute approximate surface area is 289 Å². The second kappa shape index (κ2) is 15.2. The van der Waals surface area contributed by atoms with E-state index in [4.69, 9.17) is 4.74 Å². The Bertz CT molecular complexity index is 1800. The second-order valence-corrected chi connectivity index (χ2v) is 13.4. The number of carbonyl (C=O) groups excluding carboxylic acids is 2. The fourth-order valence-electron chi connectivity index (χ4n) is 5.96. The van der Waals surface area contributed by atoms with Gasteiger partial charge in [-0.25, -0.2) is 4.79 Å². The molecule has 0 spiro atoms. The Morgan fingerprint density at radius 1 is 0.880 bits per heavy atom. The zero-order valence-corrected chi connectivity index (χ0v) is 28.1. The fourth-order valence-corrected chi connectivity index (χ4v) is 5.96. The molecule has 4 aromatic carbocycles. The highest BCUT2D eigenvalue weighted by molar-refractivity contribution is 5.89. The van der Waals surface area contributed by atoms with Crippen LogP contribution in [0.1, 0.15) is 54.6 Å². The summed E-state index contributed by atoms with van der Waals surface area (Å²) in [5.41, 5.74) is 3.37. The summed E-state index contributed by atoms with van der Waals surface area (Å²) in [6, 6.07) is 24.9. The number of carboxylic acid groups (broad SMARTS) is 1. The molecule has 0 radical (unpaired) electrons. The van der Waals surface area contributed by atoms with Gasteiger partial charge in [0.1, 0.15) is 24.4 Å². The van der Waals surface area contributed by atoms with Crippen LogP contribution in [0, 0.1) is 0 Å². The van der Waals surface area contributed by atoms with E-state index in [1.807, 2.05) is 81.4 Å².